The monoisotopic (exact) mass is 294 g/mol. The number of likely N-dealkylation sites (tertiary alicyclic amines) is 1. The van der Waals surface area contributed by atoms with Crippen molar-refractivity contribution in [1.29, 1.82) is 0 Å². The van der Waals surface area contributed by atoms with Gasteiger partial charge in [-0.25, -0.2) is 4.39 Å². The van der Waals surface area contributed by atoms with Gasteiger partial charge in [0, 0.05) is 19.2 Å². The van der Waals surface area contributed by atoms with Crippen molar-refractivity contribution in [2.45, 2.75) is 33.1 Å². The molecular formula is C15H19FN2O3. The molecule has 0 aromatic heterocycles. The molecule has 1 saturated heterocycles. The van der Waals surface area contributed by atoms with Gasteiger partial charge >= 0.3 is 0 Å². The molecule has 21 heavy (non-hydrogen) atoms. The Kier molecular flexibility index (Phi) is 4.25. The van der Waals surface area contributed by atoms with Crippen molar-refractivity contribution in [2.24, 2.45) is 5.41 Å². The summed E-state index contributed by atoms with van der Waals surface area (Å²) in [4.78, 5) is 24.3. The first-order chi connectivity index (χ1) is 9.86. The lowest BCUT2D eigenvalue weighted by atomic mass is 9.78. The smallest absolute Gasteiger partial charge is 0.282 e. The number of benzene rings is 1. The Bertz CT molecular complexity index is 566. The summed E-state index contributed by atoms with van der Waals surface area (Å²) in [7, 11) is 0. The molecule has 1 aromatic rings. The van der Waals surface area contributed by atoms with Crippen LogP contribution < -0.4 is 0 Å². The normalized spacial score (nSPS) is 17.6. The number of nitro benzene ring substituents is 1. The van der Waals surface area contributed by atoms with Gasteiger partial charge in [-0.3, -0.25) is 14.9 Å². The van der Waals surface area contributed by atoms with Crippen molar-refractivity contribution in [3.05, 3.63) is 39.7 Å². The van der Waals surface area contributed by atoms with Crippen LogP contribution in [0.2, 0.25) is 0 Å². The van der Waals surface area contributed by atoms with E-state index in [0.717, 1.165) is 37.5 Å². The number of carbonyl (C=O) groups is 1. The number of nitrogens with zero attached hydrogens (tertiary/aromatic N) is 2. The minimum Gasteiger partial charge on any atom is -0.338 e. The van der Waals surface area contributed by atoms with E-state index < -0.39 is 16.6 Å². The van der Waals surface area contributed by atoms with Crippen LogP contribution in [0.15, 0.2) is 18.2 Å². The van der Waals surface area contributed by atoms with Crippen LogP contribution in [-0.2, 0) is 0 Å². The van der Waals surface area contributed by atoms with Gasteiger partial charge < -0.3 is 4.90 Å². The maximum absolute atomic E-state index is 13.3. The first-order valence-corrected chi connectivity index (χ1v) is 7.09. The van der Waals surface area contributed by atoms with E-state index in [1.807, 2.05) is 0 Å². The molecule has 1 heterocycles. The number of hydrogen-bond donors (Lipinski definition) is 0. The third-order valence-electron chi connectivity index (χ3n) is 4.50. The lowest BCUT2D eigenvalue weighted by Crippen LogP contribution is -2.42. The highest BCUT2D eigenvalue weighted by molar-refractivity contribution is 5.98. The summed E-state index contributed by atoms with van der Waals surface area (Å²) in [5, 5.41) is 11.0. The molecule has 6 heteroatoms. The molecule has 0 saturated carbocycles. The van der Waals surface area contributed by atoms with Gasteiger partial charge in [0.15, 0.2) is 0 Å². The van der Waals surface area contributed by atoms with E-state index in [9.17, 15) is 19.3 Å². The van der Waals surface area contributed by atoms with Gasteiger partial charge in [-0.15, -0.1) is 0 Å². The Morgan fingerprint density at radius 2 is 2.05 bits per heavy atom. The largest absolute Gasteiger partial charge is 0.338 e. The van der Waals surface area contributed by atoms with Gasteiger partial charge in [0.25, 0.3) is 11.6 Å². The zero-order valence-corrected chi connectivity index (χ0v) is 12.3. The van der Waals surface area contributed by atoms with Crippen LogP contribution in [0.1, 0.15) is 43.5 Å². The van der Waals surface area contributed by atoms with Crippen LogP contribution >= 0.6 is 0 Å². The summed E-state index contributed by atoms with van der Waals surface area (Å²) < 4.78 is 13.3. The highest BCUT2D eigenvalue weighted by Gasteiger charge is 2.32. The number of halogens is 1. The molecule has 0 bridgehead atoms. The molecule has 2 rings (SSSR count). The minimum atomic E-state index is -0.646. The Balaban J connectivity index is 2.22. The van der Waals surface area contributed by atoms with E-state index in [-0.39, 0.29) is 16.7 Å². The second kappa shape index (κ2) is 5.79. The second-order valence-electron chi connectivity index (χ2n) is 5.87. The SMILES string of the molecule is CCC1(C)CCN(C(=O)c2cc(F)ccc2[N+](=O)[O-])CC1. The van der Waals surface area contributed by atoms with Crippen molar-refractivity contribution in [2.75, 3.05) is 13.1 Å². The van der Waals surface area contributed by atoms with Gasteiger partial charge in [-0.1, -0.05) is 20.3 Å². The number of carbonyl (C=O) groups excluding carboxylic acids is 1. The Morgan fingerprint density at radius 3 is 2.57 bits per heavy atom. The summed E-state index contributed by atoms with van der Waals surface area (Å²) in [5.41, 5.74) is -0.296. The van der Waals surface area contributed by atoms with Crippen LogP contribution in [0.4, 0.5) is 10.1 Å². The maximum atomic E-state index is 13.3. The number of rotatable bonds is 3. The van der Waals surface area contributed by atoms with E-state index >= 15 is 0 Å². The quantitative estimate of drug-likeness (QED) is 0.634. The van der Waals surface area contributed by atoms with Gasteiger partial charge in [0.1, 0.15) is 11.4 Å². The summed E-state index contributed by atoms with van der Waals surface area (Å²) in [6, 6.07) is 3.00. The molecule has 1 aliphatic rings. The van der Waals surface area contributed by atoms with Crippen LogP contribution in [0.25, 0.3) is 0 Å². The summed E-state index contributed by atoms with van der Waals surface area (Å²) in [6.45, 7) is 5.40. The van der Waals surface area contributed by atoms with Crippen LogP contribution in [0.5, 0.6) is 0 Å². The average Bonchev–Trinajstić information content (AvgIpc) is 2.47. The molecule has 5 nitrogen and oxygen atoms in total. The van der Waals surface area contributed by atoms with E-state index in [2.05, 4.69) is 13.8 Å². The highest BCUT2D eigenvalue weighted by Crippen LogP contribution is 2.34. The molecule has 1 fully saturated rings. The number of amides is 1. The van der Waals surface area contributed by atoms with Crippen molar-refractivity contribution in [3.8, 4) is 0 Å². The zero-order chi connectivity index (χ0) is 15.6. The van der Waals surface area contributed by atoms with Gasteiger partial charge in [0.2, 0.25) is 0 Å². The maximum Gasteiger partial charge on any atom is 0.282 e. The summed E-state index contributed by atoms with van der Waals surface area (Å²) in [5.74, 6) is -1.10. The molecule has 0 spiro atoms. The lowest BCUT2D eigenvalue weighted by Gasteiger charge is -2.38. The number of piperidine rings is 1. The molecule has 114 valence electrons. The Morgan fingerprint density at radius 1 is 1.43 bits per heavy atom. The Labute approximate surface area is 122 Å². The molecule has 1 aromatic carbocycles. The first kappa shape index (κ1) is 15.4. The third-order valence-corrected chi connectivity index (χ3v) is 4.50. The molecule has 1 aliphatic heterocycles. The average molecular weight is 294 g/mol. The molecule has 0 radical (unpaired) electrons. The summed E-state index contributed by atoms with van der Waals surface area (Å²) in [6.07, 6.45) is 2.76. The topological polar surface area (TPSA) is 63.5 Å². The number of hydrogen-bond acceptors (Lipinski definition) is 3. The zero-order valence-electron chi connectivity index (χ0n) is 12.3. The predicted octanol–water partition coefficient (Wildman–Crippen LogP) is 3.39. The van der Waals surface area contributed by atoms with E-state index in [1.165, 1.54) is 0 Å². The molecule has 0 atom stereocenters. The molecule has 0 unspecified atom stereocenters. The fourth-order valence-electron chi connectivity index (χ4n) is 2.61. The van der Waals surface area contributed by atoms with E-state index in [1.54, 1.807) is 4.90 Å². The van der Waals surface area contributed by atoms with Gasteiger partial charge in [-0.05, 0) is 30.4 Å². The Hall–Kier alpha value is -1.98. The standard InChI is InChI=1S/C15H19FN2O3/c1-3-15(2)6-8-17(9-7-15)14(19)12-10-11(16)4-5-13(12)18(20)21/h4-5,10H,3,6-9H2,1-2H3. The first-order valence-electron chi connectivity index (χ1n) is 7.09. The molecule has 0 aliphatic carbocycles. The molecule has 0 N–H and O–H groups in total. The highest BCUT2D eigenvalue weighted by atomic mass is 19.1. The second-order valence-corrected chi connectivity index (χ2v) is 5.87. The fraction of sp³-hybridized carbons (Fsp3) is 0.533. The number of nitro groups is 1. The van der Waals surface area contributed by atoms with Crippen LogP contribution in [0.3, 0.4) is 0 Å². The van der Waals surface area contributed by atoms with Crippen molar-refractivity contribution in [1.82, 2.24) is 4.90 Å². The van der Waals surface area contributed by atoms with Crippen molar-refractivity contribution >= 4 is 11.6 Å². The van der Waals surface area contributed by atoms with Gasteiger partial charge in [0.05, 0.1) is 4.92 Å². The molecule has 1 amide bonds. The fourth-order valence-corrected chi connectivity index (χ4v) is 2.61. The predicted molar refractivity (Wildman–Crippen MR) is 76.6 cm³/mol. The van der Waals surface area contributed by atoms with E-state index in [0.29, 0.717) is 13.1 Å². The van der Waals surface area contributed by atoms with Crippen LogP contribution in [-0.4, -0.2) is 28.8 Å². The van der Waals surface area contributed by atoms with Gasteiger partial charge in [-0.2, -0.15) is 0 Å². The lowest BCUT2D eigenvalue weighted by molar-refractivity contribution is -0.385. The summed E-state index contributed by atoms with van der Waals surface area (Å²) >= 11 is 0. The third kappa shape index (κ3) is 3.20. The van der Waals surface area contributed by atoms with E-state index in [4.69, 9.17) is 0 Å². The minimum absolute atomic E-state index is 0.167. The molecular weight excluding hydrogens is 275 g/mol. The van der Waals surface area contributed by atoms with Crippen molar-refractivity contribution < 1.29 is 14.1 Å². The van der Waals surface area contributed by atoms with Crippen LogP contribution in [0, 0.1) is 21.3 Å². The van der Waals surface area contributed by atoms with Crippen molar-refractivity contribution in [3.63, 3.8) is 0 Å².